The fraction of sp³-hybridized carbons (Fsp3) is 0.515. The Bertz CT molecular complexity index is 1680. The Labute approximate surface area is 275 Å². The van der Waals surface area contributed by atoms with Gasteiger partial charge in [-0.3, -0.25) is 4.98 Å². The molecule has 2 bridgehead atoms. The third-order valence-corrected chi connectivity index (χ3v) is 12.2. The largest absolute Gasteiger partial charge is 0.465 e. The minimum atomic E-state index is -4.00. The molecule has 1 atom stereocenters. The van der Waals surface area contributed by atoms with Crippen LogP contribution in [-0.2, 0) is 15.4 Å². The number of fused-ring (bicyclic) bond motifs is 3. The Balaban J connectivity index is 1.41. The van der Waals surface area contributed by atoms with E-state index in [0.717, 1.165) is 48.4 Å². The number of sulfonamides is 1. The molecular formula is C33H44N6O5S2. The second-order valence-corrected chi connectivity index (χ2v) is 16.6. The third kappa shape index (κ3) is 6.91. The molecule has 3 aliphatic carbocycles. The summed E-state index contributed by atoms with van der Waals surface area (Å²) in [7, 11) is -4.00. The highest BCUT2D eigenvalue weighted by Gasteiger charge is 2.54. The molecule has 248 valence electrons. The summed E-state index contributed by atoms with van der Waals surface area (Å²) in [5.41, 5.74) is 0.305. The van der Waals surface area contributed by atoms with Crippen LogP contribution in [0.15, 0.2) is 53.7 Å². The number of anilines is 1. The molecule has 2 aromatic heterocycles. The highest BCUT2D eigenvalue weighted by molar-refractivity contribution is 7.89. The number of nitrogens with one attached hydrogen (secondary N) is 3. The van der Waals surface area contributed by atoms with Crippen molar-refractivity contribution in [2.45, 2.75) is 114 Å². The van der Waals surface area contributed by atoms with E-state index in [4.69, 9.17) is 4.98 Å². The summed E-state index contributed by atoms with van der Waals surface area (Å²) in [6, 6.07) is 9.41. The van der Waals surface area contributed by atoms with Gasteiger partial charge < -0.3 is 20.6 Å². The van der Waals surface area contributed by atoms with Crippen LogP contribution in [0.3, 0.4) is 0 Å². The van der Waals surface area contributed by atoms with E-state index in [1.54, 1.807) is 56.3 Å². The normalized spacial score (nSPS) is 22.0. The minimum absolute atomic E-state index is 0.0473. The molecule has 3 aliphatic rings. The molecule has 0 aliphatic heterocycles. The fourth-order valence-electron chi connectivity index (χ4n) is 7.02. The van der Waals surface area contributed by atoms with Gasteiger partial charge in [-0.15, -0.1) is 11.3 Å². The lowest BCUT2D eigenvalue weighted by atomic mass is 9.57. The minimum Gasteiger partial charge on any atom is -0.465 e. The number of rotatable bonds is 9. The first kappa shape index (κ1) is 33.8. The number of pyridine rings is 1. The smallest absolute Gasteiger partial charge is 0.407 e. The topological polar surface area (TPSA) is 154 Å². The molecule has 13 heteroatoms. The van der Waals surface area contributed by atoms with E-state index >= 15 is 0 Å². The van der Waals surface area contributed by atoms with Crippen molar-refractivity contribution in [3.8, 4) is 10.4 Å². The van der Waals surface area contributed by atoms with Gasteiger partial charge >= 0.3 is 12.1 Å². The van der Waals surface area contributed by atoms with Gasteiger partial charge in [0.1, 0.15) is 0 Å². The van der Waals surface area contributed by atoms with Crippen LogP contribution in [0.2, 0.25) is 0 Å². The molecule has 3 saturated carbocycles. The van der Waals surface area contributed by atoms with Gasteiger partial charge in [0.2, 0.25) is 10.0 Å². The summed E-state index contributed by atoms with van der Waals surface area (Å²) in [5, 5.41) is 16.5. The quantitative estimate of drug-likeness (QED) is 0.194. The molecule has 4 N–H and O–H groups in total. The van der Waals surface area contributed by atoms with Crippen molar-refractivity contribution in [1.82, 2.24) is 24.9 Å². The second-order valence-electron chi connectivity index (χ2n) is 13.9. The summed E-state index contributed by atoms with van der Waals surface area (Å²) < 4.78 is 30.3. The summed E-state index contributed by atoms with van der Waals surface area (Å²) >= 11 is 1.49. The Kier molecular flexibility index (Phi) is 9.24. The number of carbonyl (C=O) groups excluding carboxylic acids is 1. The molecule has 11 nitrogen and oxygen atoms in total. The van der Waals surface area contributed by atoms with Crippen LogP contribution in [0.1, 0.15) is 96.8 Å². The van der Waals surface area contributed by atoms with Crippen LogP contribution in [0, 0.1) is 0 Å². The summed E-state index contributed by atoms with van der Waals surface area (Å²) in [4.78, 5) is 36.6. The number of nitrogens with zero attached hydrogens (tertiary/aromatic N) is 3. The molecule has 0 saturated heterocycles. The number of aromatic nitrogens is 2. The molecule has 1 unspecified atom stereocenters. The maximum Gasteiger partial charge on any atom is 0.407 e. The molecular weight excluding hydrogens is 625 g/mol. The number of carboxylic acid groups (broad SMARTS) is 1. The Morgan fingerprint density at radius 1 is 1.00 bits per heavy atom. The SMILES string of the molecule is CC(NC(=O)Nc1ccc(-c2cnc(C34CCC(N(C(=O)O)C(C)C)(CC3)CC4)s2)c(S(=O)(=O)NC(C)(C)C)c1)c1ccccn1. The fourth-order valence-corrected chi connectivity index (χ4v) is 9.98. The third-order valence-electron chi connectivity index (χ3n) is 9.11. The molecule has 6 rings (SSSR count). The van der Waals surface area contributed by atoms with E-state index in [1.165, 1.54) is 17.4 Å². The Morgan fingerprint density at radius 2 is 1.67 bits per heavy atom. The van der Waals surface area contributed by atoms with E-state index in [2.05, 4.69) is 20.3 Å². The van der Waals surface area contributed by atoms with Gasteiger partial charge in [-0.1, -0.05) is 12.1 Å². The predicted octanol–water partition coefficient (Wildman–Crippen LogP) is 6.90. The zero-order valence-electron chi connectivity index (χ0n) is 27.3. The lowest BCUT2D eigenvalue weighted by Crippen LogP contribution is -2.61. The van der Waals surface area contributed by atoms with Crippen LogP contribution in [0.4, 0.5) is 15.3 Å². The van der Waals surface area contributed by atoms with Crippen LogP contribution in [0.5, 0.6) is 0 Å². The van der Waals surface area contributed by atoms with Crippen LogP contribution in [0.25, 0.3) is 10.4 Å². The van der Waals surface area contributed by atoms with E-state index in [-0.39, 0.29) is 27.9 Å². The summed E-state index contributed by atoms with van der Waals surface area (Å²) in [5.74, 6) is 0. The van der Waals surface area contributed by atoms with Crippen molar-refractivity contribution in [3.63, 3.8) is 0 Å². The lowest BCUT2D eigenvalue weighted by molar-refractivity contribution is -0.0288. The first-order chi connectivity index (χ1) is 21.5. The van der Waals surface area contributed by atoms with Gasteiger partial charge in [0.25, 0.3) is 0 Å². The first-order valence-electron chi connectivity index (χ1n) is 15.7. The van der Waals surface area contributed by atoms with Crippen molar-refractivity contribution in [2.75, 3.05) is 5.32 Å². The van der Waals surface area contributed by atoms with Gasteiger partial charge in [0, 0.05) is 46.2 Å². The number of amides is 3. The standard InChI is InChI=1S/C33H44N6O5S2/c1-21(2)39(30(41)42)33-15-12-32(13-16-33,14-17-33)28-35-20-26(45-28)24-11-10-23(19-27(24)46(43,44)38-31(4,5)6)37-29(40)36-22(3)25-9-7-8-18-34-25/h7-11,18-22,38H,12-17H2,1-6H3,(H,41,42)(H2,36,37,40). The van der Waals surface area contributed by atoms with Crippen molar-refractivity contribution in [2.24, 2.45) is 0 Å². The average Bonchev–Trinajstić information content (AvgIpc) is 3.48. The average molecular weight is 669 g/mol. The van der Waals surface area contributed by atoms with Crippen molar-refractivity contribution in [3.05, 3.63) is 59.5 Å². The van der Waals surface area contributed by atoms with Crippen molar-refractivity contribution >= 4 is 39.2 Å². The molecule has 3 amide bonds. The van der Waals surface area contributed by atoms with E-state index in [9.17, 15) is 23.1 Å². The molecule has 0 spiro atoms. The number of carbonyl (C=O) groups is 2. The van der Waals surface area contributed by atoms with Gasteiger partial charge in [0.05, 0.1) is 26.5 Å². The maximum absolute atomic E-state index is 13.8. The molecule has 2 heterocycles. The zero-order valence-corrected chi connectivity index (χ0v) is 28.9. The van der Waals surface area contributed by atoms with Crippen LogP contribution < -0.4 is 15.4 Å². The number of hydrogen-bond donors (Lipinski definition) is 4. The highest BCUT2D eigenvalue weighted by atomic mass is 32.2. The second kappa shape index (κ2) is 12.6. The van der Waals surface area contributed by atoms with Gasteiger partial charge in [-0.05, 0) is 104 Å². The van der Waals surface area contributed by atoms with Gasteiger partial charge in [-0.25, -0.2) is 27.7 Å². The number of hydrogen-bond acceptors (Lipinski definition) is 7. The molecule has 3 aromatic rings. The van der Waals surface area contributed by atoms with Crippen molar-refractivity contribution < 1.29 is 23.1 Å². The summed E-state index contributed by atoms with van der Waals surface area (Å²) in [6.45, 7) is 11.0. The van der Waals surface area contributed by atoms with Crippen LogP contribution >= 0.6 is 11.3 Å². The number of thiazole rings is 1. The Morgan fingerprint density at radius 3 is 2.24 bits per heavy atom. The lowest BCUT2D eigenvalue weighted by Gasteiger charge is -2.57. The van der Waals surface area contributed by atoms with Crippen LogP contribution in [-0.4, -0.2) is 57.6 Å². The number of urea groups is 1. The first-order valence-corrected chi connectivity index (χ1v) is 18.0. The number of benzene rings is 1. The Hall–Kier alpha value is -3.55. The molecule has 1 aromatic carbocycles. The predicted molar refractivity (Wildman–Crippen MR) is 180 cm³/mol. The summed E-state index contributed by atoms with van der Waals surface area (Å²) in [6.07, 6.45) is 7.38. The molecule has 3 fully saturated rings. The van der Waals surface area contributed by atoms with Crippen molar-refractivity contribution in [1.29, 1.82) is 0 Å². The van der Waals surface area contributed by atoms with Gasteiger partial charge in [0.15, 0.2) is 0 Å². The van der Waals surface area contributed by atoms with E-state index in [0.29, 0.717) is 16.9 Å². The van der Waals surface area contributed by atoms with E-state index in [1.807, 2.05) is 32.9 Å². The van der Waals surface area contributed by atoms with E-state index < -0.39 is 27.7 Å². The maximum atomic E-state index is 13.8. The highest BCUT2D eigenvalue weighted by Crippen LogP contribution is 2.57. The molecule has 0 radical (unpaired) electrons. The molecule has 46 heavy (non-hydrogen) atoms. The van der Waals surface area contributed by atoms with Gasteiger partial charge in [-0.2, -0.15) is 0 Å². The zero-order chi connectivity index (χ0) is 33.5. The monoisotopic (exact) mass is 668 g/mol.